The van der Waals surface area contributed by atoms with Gasteiger partial charge in [-0.1, -0.05) is 97.5 Å². The quantitative estimate of drug-likeness (QED) is 0.0913. The van der Waals surface area contributed by atoms with Crippen LogP contribution in [0.5, 0.6) is 0 Å². The maximum Gasteiger partial charge on any atom is 0.164 e. The second-order valence-corrected chi connectivity index (χ2v) is 14.6. The summed E-state index contributed by atoms with van der Waals surface area (Å²) >= 11 is 1.67. The monoisotopic (exact) mass is 826 g/mol. The molecule has 0 aliphatic rings. The summed E-state index contributed by atoms with van der Waals surface area (Å²) in [5.41, 5.74) is 5.07. The number of ketones is 1. The first-order chi connectivity index (χ1) is 21.8. The van der Waals surface area contributed by atoms with Crippen LogP contribution in [-0.2, 0) is 30.3 Å². The Morgan fingerprint density at radius 3 is 2.11 bits per heavy atom. The average molecular weight is 826 g/mol. The SMILES string of the molecule is CC(C)(C)c1cc(-c2cc(-c3ccnc4sccc34)ccn2)[c-]c2ccccc12.CCC(C)(CC)C(=O)/C=C(\O)C(C)(CC)CC.[Ir]. The van der Waals surface area contributed by atoms with E-state index in [2.05, 4.69) is 96.8 Å². The van der Waals surface area contributed by atoms with Crippen LogP contribution in [0.3, 0.4) is 0 Å². The molecule has 47 heavy (non-hydrogen) atoms. The summed E-state index contributed by atoms with van der Waals surface area (Å²) < 4.78 is 0. The van der Waals surface area contributed by atoms with Gasteiger partial charge in [-0.15, -0.1) is 40.5 Å². The normalized spacial score (nSPS) is 12.4. The number of nitrogens with zero attached hydrogens (tertiary/aromatic N) is 2. The molecule has 0 aliphatic carbocycles. The molecule has 1 N–H and O–H groups in total. The Bertz CT molecular complexity index is 1840. The van der Waals surface area contributed by atoms with E-state index in [0.29, 0.717) is 0 Å². The molecule has 0 aliphatic heterocycles. The second kappa shape index (κ2) is 15.8. The minimum atomic E-state index is -0.337. The summed E-state index contributed by atoms with van der Waals surface area (Å²) in [6.07, 6.45) is 8.53. The van der Waals surface area contributed by atoms with Crippen molar-refractivity contribution in [3.05, 3.63) is 95.8 Å². The topological polar surface area (TPSA) is 63.1 Å². The minimum absolute atomic E-state index is 0. The third-order valence-corrected chi connectivity index (χ3v) is 10.7. The molecule has 3 heterocycles. The summed E-state index contributed by atoms with van der Waals surface area (Å²) in [4.78, 5) is 22.4. The Morgan fingerprint density at radius 2 is 1.47 bits per heavy atom. The van der Waals surface area contributed by atoms with Crippen molar-refractivity contribution in [3.8, 4) is 22.4 Å². The van der Waals surface area contributed by atoms with Crippen molar-refractivity contribution in [2.75, 3.05) is 0 Å². The van der Waals surface area contributed by atoms with Crippen LogP contribution in [0.1, 0.15) is 93.6 Å². The molecular formula is C41H49IrN2O2S-. The first kappa shape index (κ1) is 38.3. The van der Waals surface area contributed by atoms with Crippen LogP contribution in [0.4, 0.5) is 0 Å². The number of benzene rings is 2. The molecule has 0 spiro atoms. The van der Waals surface area contributed by atoms with Crippen LogP contribution in [0, 0.1) is 16.9 Å². The maximum atomic E-state index is 12.2. The zero-order chi connectivity index (χ0) is 33.7. The number of hydrogen-bond acceptors (Lipinski definition) is 5. The van der Waals surface area contributed by atoms with E-state index in [-0.39, 0.29) is 47.9 Å². The summed E-state index contributed by atoms with van der Waals surface area (Å²) in [5, 5.41) is 15.8. The number of carbonyl (C=O) groups excluding carboxylic acids is 1. The molecule has 6 heteroatoms. The van der Waals surface area contributed by atoms with Crippen molar-refractivity contribution in [1.29, 1.82) is 0 Å². The zero-order valence-corrected chi connectivity index (χ0v) is 32.5. The molecule has 0 atom stereocenters. The van der Waals surface area contributed by atoms with Gasteiger partial charge < -0.3 is 5.11 Å². The Labute approximate surface area is 299 Å². The Balaban J connectivity index is 0.000000290. The van der Waals surface area contributed by atoms with E-state index in [1.807, 2.05) is 53.9 Å². The van der Waals surface area contributed by atoms with E-state index in [9.17, 15) is 9.90 Å². The van der Waals surface area contributed by atoms with Crippen LogP contribution in [0.15, 0.2) is 84.2 Å². The number of aromatic nitrogens is 2. The summed E-state index contributed by atoms with van der Waals surface area (Å²) in [7, 11) is 0. The predicted octanol–water partition coefficient (Wildman–Crippen LogP) is 11.9. The van der Waals surface area contributed by atoms with E-state index in [1.165, 1.54) is 28.0 Å². The maximum absolute atomic E-state index is 12.2. The van der Waals surface area contributed by atoms with Gasteiger partial charge in [0, 0.05) is 60.5 Å². The molecule has 0 saturated carbocycles. The number of allylic oxidation sites excluding steroid dienone is 2. The van der Waals surface area contributed by atoms with Crippen molar-refractivity contribution in [3.63, 3.8) is 0 Å². The van der Waals surface area contributed by atoms with E-state index < -0.39 is 0 Å². The van der Waals surface area contributed by atoms with Crippen LogP contribution in [0.2, 0.25) is 0 Å². The average Bonchev–Trinajstić information content (AvgIpc) is 3.56. The molecule has 0 amide bonds. The van der Waals surface area contributed by atoms with Gasteiger partial charge in [-0.2, -0.15) is 0 Å². The molecule has 2 aromatic carbocycles. The fraction of sp³-hybridized carbons (Fsp3) is 0.390. The van der Waals surface area contributed by atoms with Gasteiger partial charge in [0.2, 0.25) is 0 Å². The number of pyridine rings is 2. The number of thiophene rings is 1. The fourth-order valence-electron chi connectivity index (χ4n) is 5.54. The van der Waals surface area contributed by atoms with Gasteiger partial charge in [-0.25, -0.2) is 4.98 Å². The van der Waals surface area contributed by atoms with E-state index in [1.54, 1.807) is 11.3 Å². The molecule has 4 nitrogen and oxygen atoms in total. The fourth-order valence-corrected chi connectivity index (χ4v) is 6.30. The van der Waals surface area contributed by atoms with Crippen molar-refractivity contribution < 1.29 is 30.0 Å². The van der Waals surface area contributed by atoms with Crippen molar-refractivity contribution >= 4 is 38.1 Å². The molecule has 3 aromatic heterocycles. The Hall–Kier alpha value is -3.18. The van der Waals surface area contributed by atoms with Crippen LogP contribution >= 0.6 is 11.3 Å². The van der Waals surface area contributed by atoms with Crippen molar-refractivity contribution in [1.82, 2.24) is 9.97 Å². The molecular weight excluding hydrogens is 777 g/mol. The summed E-state index contributed by atoms with van der Waals surface area (Å²) in [6.45, 7) is 18.9. The molecule has 251 valence electrons. The predicted molar refractivity (Wildman–Crippen MR) is 196 cm³/mol. The van der Waals surface area contributed by atoms with E-state index in [4.69, 9.17) is 0 Å². The van der Waals surface area contributed by atoms with E-state index >= 15 is 0 Å². The third kappa shape index (κ3) is 8.46. The first-order valence-electron chi connectivity index (χ1n) is 16.5. The number of aliphatic hydroxyl groups excluding tert-OH is 1. The van der Waals surface area contributed by atoms with Gasteiger partial charge >= 0.3 is 0 Å². The van der Waals surface area contributed by atoms with Gasteiger partial charge in [0.25, 0.3) is 0 Å². The van der Waals surface area contributed by atoms with Gasteiger partial charge in [0.1, 0.15) is 10.6 Å². The number of fused-ring (bicyclic) bond motifs is 2. The van der Waals surface area contributed by atoms with Crippen LogP contribution in [0.25, 0.3) is 43.4 Å². The number of carbonyl (C=O) groups is 1. The molecule has 1 radical (unpaired) electrons. The summed E-state index contributed by atoms with van der Waals surface area (Å²) in [6, 6.07) is 22.8. The van der Waals surface area contributed by atoms with Gasteiger partial charge in [-0.3, -0.25) is 9.78 Å². The van der Waals surface area contributed by atoms with E-state index in [0.717, 1.165) is 52.7 Å². The smallest absolute Gasteiger partial charge is 0.164 e. The van der Waals surface area contributed by atoms with Gasteiger partial charge in [0.15, 0.2) is 5.78 Å². The number of aliphatic hydroxyl groups is 1. The second-order valence-electron chi connectivity index (χ2n) is 13.7. The molecule has 0 bridgehead atoms. The summed E-state index contributed by atoms with van der Waals surface area (Å²) in [5.74, 6) is 0.286. The van der Waals surface area contributed by atoms with Crippen LogP contribution < -0.4 is 0 Å². The van der Waals surface area contributed by atoms with Crippen molar-refractivity contribution in [2.24, 2.45) is 10.8 Å². The molecule has 0 saturated heterocycles. The molecule has 0 unspecified atom stereocenters. The third-order valence-electron chi connectivity index (χ3n) is 9.90. The Morgan fingerprint density at radius 1 is 0.830 bits per heavy atom. The zero-order valence-electron chi connectivity index (χ0n) is 29.3. The number of hydrogen-bond donors (Lipinski definition) is 1. The standard InChI is InChI=1S/C26H21N2S.C15H28O2.Ir/c1-26(2,3)23-15-19(14-17-6-4-5-7-21(17)23)24-16-18(8-11-27-24)20-9-12-28-25-22(20)10-13-29-25;1-7-14(5,8-2)12(16)11-13(17)15(6,9-3)10-4;/h4-13,15-16H,1-3H3;11,16H,7-10H2,1-6H3;/q-1;;/b;12-11-;. The minimum Gasteiger partial charge on any atom is -0.512 e. The Kier molecular flexibility index (Phi) is 12.9. The van der Waals surface area contributed by atoms with Gasteiger partial charge in [0.05, 0.1) is 0 Å². The molecule has 5 aromatic rings. The molecule has 0 fully saturated rings. The largest absolute Gasteiger partial charge is 0.512 e. The van der Waals surface area contributed by atoms with Crippen LogP contribution in [-0.4, -0.2) is 20.9 Å². The number of rotatable bonds is 9. The van der Waals surface area contributed by atoms with Gasteiger partial charge in [-0.05, 0) is 65.8 Å². The first-order valence-corrected chi connectivity index (χ1v) is 17.4. The van der Waals surface area contributed by atoms with Crippen molar-refractivity contribution in [2.45, 2.75) is 93.4 Å². The molecule has 5 rings (SSSR count).